The van der Waals surface area contributed by atoms with Crippen LogP contribution in [-0.2, 0) is 11.2 Å². The maximum Gasteiger partial charge on any atom is 0.371 e. The summed E-state index contributed by atoms with van der Waals surface area (Å²) >= 11 is 0. The van der Waals surface area contributed by atoms with Crippen molar-refractivity contribution in [2.75, 3.05) is 0 Å². The molecule has 1 aromatic heterocycles. The number of aliphatic carboxylic acids is 1. The molecule has 2 aromatic rings. The van der Waals surface area contributed by atoms with Gasteiger partial charge in [-0.2, -0.15) is 0 Å². The van der Waals surface area contributed by atoms with Crippen LogP contribution in [0.15, 0.2) is 48.4 Å². The first-order valence-electron chi connectivity index (χ1n) is 6.83. The van der Waals surface area contributed by atoms with E-state index in [0.717, 1.165) is 5.56 Å². The smallest absolute Gasteiger partial charge is 0.371 e. The minimum atomic E-state index is -1.56. The van der Waals surface area contributed by atoms with Gasteiger partial charge in [-0.05, 0) is 18.6 Å². The third-order valence-corrected chi connectivity index (χ3v) is 3.33. The highest BCUT2D eigenvalue weighted by atomic mass is 16.4. The number of allylic oxidation sites excluding steroid dienone is 1. The molecule has 0 spiro atoms. The van der Waals surface area contributed by atoms with Crippen molar-refractivity contribution in [2.24, 2.45) is 0 Å². The second-order valence-corrected chi connectivity index (χ2v) is 5.00. The molecular weight excluding hydrogens is 298 g/mol. The molecule has 23 heavy (non-hydrogen) atoms. The minimum absolute atomic E-state index is 0.0263. The maximum absolute atomic E-state index is 12.0. The van der Waals surface area contributed by atoms with Gasteiger partial charge in [0.2, 0.25) is 5.76 Å². The fraction of sp³-hybridized carbons (Fsp3) is 0.118. The number of ketones is 2. The van der Waals surface area contributed by atoms with E-state index in [1.807, 2.05) is 0 Å². The number of hydrogen-bond donors (Lipinski definition) is 3. The number of Topliss-reactive ketones (excluding diaryl/α,β-unsaturated/α-hetero) is 1. The number of benzene rings is 1. The lowest BCUT2D eigenvalue weighted by molar-refractivity contribution is -0.135. The molecule has 0 radical (unpaired) electrons. The van der Waals surface area contributed by atoms with E-state index >= 15 is 0 Å². The fourth-order valence-electron chi connectivity index (χ4n) is 2.11. The molecule has 6 heteroatoms. The molecule has 0 aliphatic carbocycles. The van der Waals surface area contributed by atoms with Crippen molar-refractivity contribution in [2.45, 2.75) is 13.3 Å². The average molecular weight is 313 g/mol. The van der Waals surface area contributed by atoms with Crippen molar-refractivity contribution >= 4 is 17.5 Å². The normalized spacial score (nSPS) is 11.3. The van der Waals surface area contributed by atoms with Crippen molar-refractivity contribution in [1.82, 2.24) is 4.98 Å². The predicted octanol–water partition coefficient (Wildman–Crippen LogP) is 2.52. The van der Waals surface area contributed by atoms with E-state index in [4.69, 9.17) is 10.2 Å². The molecule has 1 heterocycles. The summed E-state index contributed by atoms with van der Waals surface area (Å²) < 4.78 is 0. The quantitative estimate of drug-likeness (QED) is 0.431. The molecular formula is C17H15NO5. The van der Waals surface area contributed by atoms with E-state index in [9.17, 15) is 14.4 Å². The summed E-state index contributed by atoms with van der Waals surface area (Å²) in [6, 6.07) is 8.51. The second-order valence-electron chi connectivity index (χ2n) is 5.00. The van der Waals surface area contributed by atoms with Gasteiger partial charge in [-0.25, -0.2) is 4.79 Å². The third kappa shape index (κ3) is 3.94. The number of carbonyl (C=O) groups excluding carboxylic acids is 2. The second kappa shape index (κ2) is 6.74. The average Bonchev–Trinajstić information content (AvgIpc) is 2.95. The SMILES string of the molecule is CC(=O)c1ccc(Cc2[nH]ccc2C(=O)/C=C(\O)C(=O)O)cc1. The highest BCUT2D eigenvalue weighted by Gasteiger charge is 2.14. The van der Waals surface area contributed by atoms with Crippen LogP contribution in [-0.4, -0.2) is 32.7 Å². The Kier molecular flexibility index (Phi) is 4.75. The van der Waals surface area contributed by atoms with Crippen molar-refractivity contribution in [3.63, 3.8) is 0 Å². The summed E-state index contributed by atoms with van der Waals surface area (Å²) in [6.45, 7) is 1.48. The standard InChI is InChI=1S/C17H15NO5/c1-10(19)12-4-2-11(3-5-12)8-14-13(6-7-18-14)15(20)9-16(21)17(22)23/h2-7,9,18,21H,8H2,1H3,(H,22,23)/b16-9-. The highest BCUT2D eigenvalue weighted by molar-refractivity contribution is 6.08. The zero-order valence-electron chi connectivity index (χ0n) is 12.4. The summed E-state index contributed by atoms with van der Waals surface area (Å²) in [4.78, 5) is 36.7. The van der Waals surface area contributed by atoms with Crippen molar-refractivity contribution in [1.29, 1.82) is 0 Å². The molecule has 0 bridgehead atoms. The van der Waals surface area contributed by atoms with Gasteiger partial charge < -0.3 is 15.2 Å². The molecule has 0 aliphatic rings. The van der Waals surface area contributed by atoms with Crippen LogP contribution in [0.2, 0.25) is 0 Å². The fourth-order valence-corrected chi connectivity index (χ4v) is 2.11. The molecule has 2 rings (SSSR count). The van der Waals surface area contributed by atoms with Crippen molar-refractivity contribution in [3.8, 4) is 0 Å². The summed E-state index contributed by atoms with van der Waals surface area (Å²) in [5.41, 5.74) is 2.37. The number of carbonyl (C=O) groups is 3. The third-order valence-electron chi connectivity index (χ3n) is 3.33. The van der Waals surface area contributed by atoms with Gasteiger partial charge in [-0.15, -0.1) is 0 Å². The Morgan fingerprint density at radius 2 is 1.74 bits per heavy atom. The maximum atomic E-state index is 12.0. The lowest BCUT2D eigenvalue weighted by atomic mass is 10.0. The molecule has 0 fully saturated rings. The Morgan fingerprint density at radius 3 is 2.30 bits per heavy atom. The molecule has 118 valence electrons. The number of carboxylic acid groups (broad SMARTS) is 1. The van der Waals surface area contributed by atoms with Gasteiger partial charge in [0.1, 0.15) is 0 Å². The first-order valence-corrected chi connectivity index (χ1v) is 6.83. The Bertz CT molecular complexity index is 784. The zero-order valence-corrected chi connectivity index (χ0v) is 12.4. The Morgan fingerprint density at radius 1 is 1.09 bits per heavy atom. The number of aromatic amines is 1. The molecule has 0 aliphatic heterocycles. The molecule has 1 aromatic carbocycles. The summed E-state index contributed by atoms with van der Waals surface area (Å²) in [5, 5.41) is 17.8. The monoisotopic (exact) mass is 313 g/mol. The van der Waals surface area contributed by atoms with E-state index in [-0.39, 0.29) is 11.3 Å². The summed E-state index contributed by atoms with van der Waals surface area (Å²) in [6.07, 6.45) is 2.65. The van der Waals surface area contributed by atoms with Crippen LogP contribution in [0.1, 0.15) is 38.9 Å². The molecule has 0 atom stereocenters. The number of aliphatic hydroxyl groups excluding tert-OH is 1. The lowest BCUT2D eigenvalue weighted by Gasteiger charge is -2.04. The number of rotatable bonds is 6. The number of nitrogens with one attached hydrogen (secondary N) is 1. The van der Waals surface area contributed by atoms with E-state index in [2.05, 4.69) is 4.98 Å². The molecule has 0 saturated heterocycles. The van der Waals surface area contributed by atoms with Gasteiger partial charge in [0.25, 0.3) is 0 Å². The minimum Gasteiger partial charge on any atom is -0.502 e. The Labute approximate surface area is 132 Å². The molecule has 0 amide bonds. The van der Waals surface area contributed by atoms with Crippen LogP contribution in [0, 0.1) is 0 Å². The van der Waals surface area contributed by atoms with Gasteiger partial charge in [-0.1, -0.05) is 24.3 Å². The molecule has 6 nitrogen and oxygen atoms in total. The number of hydrogen-bond acceptors (Lipinski definition) is 4. The van der Waals surface area contributed by atoms with Gasteiger partial charge in [0.05, 0.1) is 0 Å². The van der Waals surface area contributed by atoms with Gasteiger partial charge >= 0.3 is 5.97 Å². The van der Waals surface area contributed by atoms with E-state index < -0.39 is 17.5 Å². The summed E-state index contributed by atoms with van der Waals surface area (Å²) in [7, 11) is 0. The lowest BCUT2D eigenvalue weighted by Crippen LogP contribution is -2.05. The van der Waals surface area contributed by atoms with Crippen LogP contribution in [0.5, 0.6) is 0 Å². The largest absolute Gasteiger partial charge is 0.502 e. The van der Waals surface area contributed by atoms with Gasteiger partial charge in [0, 0.05) is 35.5 Å². The first kappa shape index (κ1) is 16.2. The van der Waals surface area contributed by atoms with E-state index in [1.54, 1.807) is 30.5 Å². The number of H-pyrrole nitrogens is 1. The van der Waals surface area contributed by atoms with Crippen LogP contribution < -0.4 is 0 Å². The van der Waals surface area contributed by atoms with E-state index in [0.29, 0.717) is 23.8 Å². The highest BCUT2D eigenvalue weighted by Crippen LogP contribution is 2.15. The summed E-state index contributed by atoms with van der Waals surface area (Å²) in [5.74, 6) is -3.19. The van der Waals surface area contributed by atoms with Crippen LogP contribution in [0.4, 0.5) is 0 Å². The number of carboxylic acids is 1. The van der Waals surface area contributed by atoms with Crippen molar-refractivity contribution in [3.05, 3.63) is 70.7 Å². The van der Waals surface area contributed by atoms with E-state index in [1.165, 1.54) is 13.0 Å². The Hall–Kier alpha value is -3.15. The van der Waals surface area contributed by atoms with Crippen LogP contribution in [0.25, 0.3) is 0 Å². The number of aliphatic hydroxyl groups is 1. The van der Waals surface area contributed by atoms with Gasteiger partial charge in [-0.3, -0.25) is 9.59 Å². The number of aromatic nitrogens is 1. The molecule has 0 saturated carbocycles. The van der Waals surface area contributed by atoms with Gasteiger partial charge in [0.15, 0.2) is 11.6 Å². The molecule has 0 unspecified atom stereocenters. The topological polar surface area (TPSA) is 107 Å². The van der Waals surface area contributed by atoms with Crippen molar-refractivity contribution < 1.29 is 24.6 Å². The predicted molar refractivity (Wildman–Crippen MR) is 82.7 cm³/mol. The zero-order chi connectivity index (χ0) is 17.0. The Balaban J connectivity index is 2.21. The van der Waals surface area contributed by atoms with Crippen LogP contribution >= 0.6 is 0 Å². The van der Waals surface area contributed by atoms with Crippen LogP contribution in [0.3, 0.4) is 0 Å². The molecule has 3 N–H and O–H groups in total. The first-order chi connectivity index (χ1) is 10.9.